The number of carbonyl (C=O) groups is 3. The zero-order chi connectivity index (χ0) is 32.5. The van der Waals surface area contributed by atoms with E-state index in [-0.39, 0.29) is 40.4 Å². The largest absolute Gasteiger partial charge is 0.371 e. The quantitative estimate of drug-likeness (QED) is 0.320. The summed E-state index contributed by atoms with van der Waals surface area (Å²) in [5.74, 6) is -0.599. The van der Waals surface area contributed by atoms with Gasteiger partial charge in [0.15, 0.2) is 0 Å². The minimum absolute atomic E-state index is 0.0505. The maximum absolute atomic E-state index is 14.1. The Labute approximate surface area is 271 Å². The molecule has 10 heteroatoms. The minimum atomic E-state index is -0.853. The number of benzene rings is 2. The fourth-order valence-electron chi connectivity index (χ4n) is 7.16. The van der Waals surface area contributed by atoms with E-state index in [2.05, 4.69) is 52.8 Å². The second-order valence-corrected chi connectivity index (χ2v) is 14.2. The summed E-state index contributed by atoms with van der Waals surface area (Å²) in [4.78, 5) is 44.6. The van der Waals surface area contributed by atoms with Gasteiger partial charge in [-0.25, -0.2) is 0 Å². The first-order valence-corrected chi connectivity index (χ1v) is 16.3. The number of amides is 3. The van der Waals surface area contributed by atoms with Gasteiger partial charge in [-0.3, -0.25) is 24.0 Å². The number of hydrogen-bond donors (Lipinski definition) is 2. The molecule has 4 atom stereocenters. The van der Waals surface area contributed by atoms with Crippen molar-refractivity contribution in [3.8, 4) is 0 Å². The average molecular weight is 627 g/mol. The molecule has 1 saturated carbocycles. The Morgan fingerprint density at radius 2 is 1.59 bits per heavy atom. The fraction of sp³-hybridized carbons (Fsp3) is 0.500. The lowest BCUT2D eigenvalue weighted by Gasteiger charge is -2.51. The molecule has 3 heterocycles. The van der Waals surface area contributed by atoms with Gasteiger partial charge in [-0.05, 0) is 29.9 Å². The van der Waals surface area contributed by atoms with Crippen LogP contribution in [0.5, 0.6) is 0 Å². The highest BCUT2D eigenvalue weighted by atomic mass is 16.5. The molecule has 3 aromatic rings. The zero-order valence-corrected chi connectivity index (χ0v) is 27.3. The second kappa shape index (κ2) is 13.0. The van der Waals surface area contributed by atoms with Crippen molar-refractivity contribution in [3.63, 3.8) is 0 Å². The van der Waals surface area contributed by atoms with Crippen LogP contribution in [-0.4, -0.2) is 82.7 Å². The van der Waals surface area contributed by atoms with Gasteiger partial charge >= 0.3 is 0 Å². The molecule has 3 aliphatic rings. The van der Waals surface area contributed by atoms with E-state index in [9.17, 15) is 14.4 Å². The Balaban J connectivity index is 1.15. The summed E-state index contributed by atoms with van der Waals surface area (Å²) in [7, 11) is 1.57. The second-order valence-electron chi connectivity index (χ2n) is 14.2. The van der Waals surface area contributed by atoms with Gasteiger partial charge in [0.2, 0.25) is 17.7 Å². The smallest absolute Gasteiger partial charge is 0.245 e. The van der Waals surface area contributed by atoms with Crippen molar-refractivity contribution < 1.29 is 19.1 Å². The molecule has 6 rings (SSSR count). The summed E-state index contributed by atoms with van der Waals surface area (Å²) >= 11 is 0. The molecule has 3 fully saturated rings. The number of ether oxygens (including phenoxy) is 1. The Hall–Kier alpha value is -4.02. The van der Waals surface area contributed by atoms with E-state index in [0.29, 0.717) is 45.9 Å². The summed E-state index contributed by atoms with van der Waals surface area (Å²) in [6.45, 7) is 10.1. The van der Waals surface area contributed by atoms with Crippen LogP contribution in [0.15, 0.2) is 73.1 Å². The number of likely N-dealkylation sites (N-methyl/N-ethyl adjacent to an activating group) is 1. The predicted molar refractivity (Wildman–Crippen MR) is 174 cm³/mol. The zero-order valence-electron chi connectivity index (χ0n) is 27.3. The SMILES string of the molecule is CNC(=O)[C@@H](NC(=O)[C@@H]1CN(Cc2cnn(Cc3ccccc3)c2)CC12CN(C(=O)[C@H]1CC1(C)C)C2)[C@@H](C)OCc1ccccc1. The fourth-order valence-corrected chi connectivity index (χ4v) is 7.16. The monoisotopic (exact) mass is 626 g/mol. The number of likely N-dealkylation sites (tertiary alicyclic amines) is 2. The van der Waals surface area contributed by atoms with Crippen LogP contribution in [0.2, 0.25) is 0 Å². The molecule has 46 heavy (non-hydrogen) atoms. The molecule has 2 N–H and O–H groups in total. The Kier molecular flexibility index (Phi) is 9.03. The first-order chi connectivity index (χ1) is 22.1. The molecule has 2 aromatic carbocycles. The van der Waals surface area contributed by atoms with Gasteiger partial charge in [0.05, 0.1) is 31.4 Å². The highest BCUT2D eigenvalue weighted by molar-refractivity contribution is 5.90. The maximum atomic E-state index is 14.1. The van der Waals surface area contributed by atoms with E-state index in [1.807, 2.05) is 71.2 Å². The van der Waals surface area contributed by atoms with Crippen LogP contribution < -0.4 is 10.6 Å². The van der Waals surface area contributed by atoms with Crippen LogP contribution in [-0.2, 0) is 38.8 Å². The molecular weight excluding hydrogens is 580 g/mol. The van der Waals surface area contributed by atoms with Crippen molar-refractivity contribution in [2.45, 2.75) is 59.0 Å². The number of nitrogens with zero attached hydrogens (tertiary/aromatic N) is 4. The first kappa shape index (κ1) is 31.9. The molecular formula is C36H46N6O4. The van der Waals surface area contributed by atoms with Crippen molar-refractivity contribution in [2.75, 3.05) is 33.2 Å². The van der Waals surface area contributed by atoms with Gasteiger partial charge in [-0.2, -0.15) is 5.10 Å². The van der Waals surface area contributed by atoms with Crippen LogP contribution in [0.1, 0.15) is 43.9 Å². The van der Waals surface area contributed by atoms with Gasteiger partial charge in [-0.15, -0.1) is 0 Å². The highest BCUT2D eigenvalue weighted by Crippen LogP contribution is 2.54. The first-order valence-electron chi connectivity index (χ1n) is 16.3. The Morgan fingerprint density at radius 3 is 2.22 bits per heavy atom. The number of nitrogens with one attached hydrogen (secondary N) is 2. The number of hydrogen-bond acceptors (Lipinski definition) is 6. The van der Waals surface area contributed by atoms with Crippen molar-refractivity contribution in [1.29, 1.82) is 0 Å². The van der Waals surface area contributed by atoms with Gasteiger partial charge in [0.25, 0.3) is 0 Å². The minimum Gasteiger partial charge on any atom is -0.371 e. The molecule has 2 saturated heterocycles. The number of aromatic nitrogens is 2. The molecule has 1 aliphatic carbocycles. The molecule has 1 spiro atoms. The van der Waals surface area contributed by atoms with Gasteiger partial charge in [0, 0.05) is 62.9 Å². The van der Waals surface area contributed by atoms with E-state index < -0.39 is 12.1 Å². The standard InChI is InChI=1S/C36H46N6O4/c1-25(46-21-27-13-9-6-10-14-27)31(33(44)37-4)39-32(43)30-20-40(17-28-16-38-42(19-28)18-26-11-7-5-8-12-26)22-36(30)23-41(24-36)34(45)29-15-35(29,2)3/h5-14,16,19,25,29-31H,15,17-18,20-24H2,1-4H3,(H,37,44)(H,39,43)/t25-,29-,30+,31+/m1/s1. The van der Waals surface area contributed by atoms with E-state index in [0.717, 1.165) is 17.5 Å². The van der Waals surface area contributed by atoms with Gasteiger partial charge in [-0.1, -0.05) is 74.5 Å². The van der Waals surface area contributed by atoms with Crippen LogP contribution in [0.3, 0.4) is 0 Å². The van der Waals surface area contributed by atoms with Crippen LogP contribution >= 0.6 is 0 Å². The third-order valence-corrected chi connectivity index (χ3v) is 10.1. The summed E-state index contributed by atoms with van der Waals surface area (Å²) in [5.41, 5.74) is 2.92. The van der Waals surface area contributed by atoms with Crippen molar-refractivity contribution >= 4 is 17.7 Å². The molecule has 3 amide bonds. The van der Waals surface area contributed by atoms with E-state index in [1.165, 1.54) is 5.56 Å². The molecule has 0 bridgehead atoms. The summed E-state index contributed by atoms with van der Waals surface area (Å²) in [6.07, 6.45) is 4.31. The van der Waals surface area contributed by atoms with Crippen molar-refractivity contribution in [2.24, 2.45) is 22.7 Å². The van der Waals surface area contributed by atoms with Crippen molar-refractivity contribution in [1.82, 2.24) is 30.2 Å². The predicted octanol–water partition coefficient (Wildman–Crippen LogP) is 3.07. The van der Waals surface area contributed by atoms with E-state index >= 15 is 0 Å². The highest BCUT2D eigenvalue weighted by Gasteiger charge is 2.61. The van der Waals surface area contributed by atoms with E-state index in [4.69, 9.17) is 4.74 Å². The van der Waals surface area contributed by atoms with Crippen molar-refractivity contribution in [3.05, 3.63) is 89.7 Å². The molecule has 10 nitrogen and oxygen atoms in total. The van der Waals surface area contributed by atoms with Gasteiger partial charge in [0.1, 0.15) is 6.04 Å². The van der Waals surface area contributed by atoms with E-state index in [1.54, 1.807) is 7.05 Å². The van der Waals surface area contributed by atoms with Crippen LogP contribution in [0.25, 0.3) is 0 Å². The lowest BCUT2D eigenvalue weighted by atomic mass is 9.70. The molecule has 244 valence electrons. The lowest BCUT2D eigenvalue weighted by Crippen LogP contribution is -2.65. The number of carbonyl (C=O) groups excluding carboxylic acids is 3. The van der Waals surface area contributed by atoms with Crippen LogP contribution in [0, 0.1) is 22.7 Å². The number of rotatable bonds is 12. The van der Waals surface area contributed by atoms with Crippen LogP contribution in [0.4, 0.5) is 0 Å². The molecule has 0 radical (unpaired) electrons. The summed E-state index contributed by atoms with van der Waals surface area (Å²) < 4.78 is 8.00. The molecule has 1 aromatic heterocycles. The topological polar surface area (TPSA) is 109 Å². The summed E-state index contributed by atoms with van der Waals surface area (Å²) in [5, 5.41) is 10.3. The lowest BCUT2D eigenvalue weighted by molar-refractivity contribution is -0.152. The Bertz CT molecular complexity index is 1530. The normalized spacial score (nSPS) is 22.6. The van der Waals surface area contributed by atoms with Gasteiger partial charge < -0.3 is 20.3 Å². The third kappa shape index (κ3) is 6.88. The maximum Gasteiger partial charge on any atom is 0.245 e. The third-order valence-electron chi connectivity index (χ3n) is 10.1. The molecule has 2 aliphatic heterocycles. The molecule has 0 unspecified atom stereocenters. The Morgan fingerprint density at radius 1 is 0.935 bits per heavy atom. The summed E-state index contributed by atoms with van der Waals surface area (Å²) in [6, 6.07) is 19.1. The average Bonchev–Trinajstić information content (AvgIpc) is 3.31.